The van der Waals surface area contributed by atoms with Gasteiger partial charge in [0.2, 0.25) is 21.8 Å². The van der Waals surface area contributed by atoms with Crippen LogP contribution in [0, 0.1) is 0 Å². The van der Waals surface area contributed by atoms with Crippen LogP contribution in [0.25, 0.3) is 0 Å². The number of nitrogens with two attached hydrogens (primary N) is 1. The first-order valence-corrected chi connectivity index (χ1v) is 12.1. The Morgan fingerprint density at radius 2 is 1.71 bits per heavy atom. The molecule has 2 aromatic rings. The van der Waals surface area contributed by atoms with Crippen molar-refractivity contribution in [2.75, 3.05) is 25.7 Å². The normalized spacial score (nSPS) is 16.4. The van der Waals surface area contributed by atoms with E-state index in [1.807, 2.05) is 0 Å². The minimum absolute atomic E-state index is 0.0294. The van der Waals surface area contributed by atoms with Gasteiger partial charge >= 0.3 is 0 Å². The largest absolute Gasteiger partial charge is 0.354 e. The average Bonchev–Trinajstić information content (AvgIpc) is 3.09. The van der Waals surface area contributed by atoms with E-state index < -0.39 is 40.1 Å². The van der Waals surface area contributed by atoms with E-state index in [-0.39, 0.29) is 30.0 Å². The Morgan fingerprint density at radius 3 is 2.24 bits per heavy atom. The summed E-state index contributed by atoms with van der Waals surface area (Å²) in [5, 5.41) is 5.62. The number of sulfonamides is 1. The van der Waals surface area contributed by atoms with Crippen molar-refractivity contribution >= 4 is 45.0 Å². The van der Waals surface area contributed by atoms with Crippen molar-refractivity contribution in [3.05, 3.63) is 59.1 Å². The van der Waals surface area contributed by atoms with E-state index in [0.717, 1.165) is 4.90 Å². The maximum atomic E-state index is 13.3. The third kappa shape index (κ3) is 5.80. The summed E-state index contributed by atoms with van der Waals surface area (Å²) in [7, 11) is -1.14. The molecule has 0 spiro atoms. The van der Waals surface area contributed by atoms with E-state index in [1.54, 1.807) is 24.3 Å². The number of amides is 3. The molecule has 0 aliphatic carbocycles. The van der Waals surface area contributed by atoms with Crippen molar-refractivity contribution in [3.63, 3.8) is 0 Å². The molecular formula is C22H24ClN3O7S. The maximum Gasteiger partial charge on any atom is 0.257 e. The van der Waals surface area contributed by atoms with Gasteiger partial charge in [-0.3, -0.25) is 14.4 Å². The number of benzene rings is 2. The highest BCUT2D eigenvalue weighted by atomic mass is 35.5. The van der Waals surface area contributed by atoms with Crippen LogP contribution in [-0.4, -0.2) is 64.1 Å². The first-order valence-electron chi connectivity index (χ1n) is 10.1. The van der Waals surface area contributed by atoms with E-state index in [9.17, 15) is 22.8 Å². The lowest BCUT2D eigenvalue weighted by molar-refractivity contribution is -0.152. The summed E-state index contributed by atoms with van der Waals surface area (Å²) in [5.74, 6) is -1.56. The second-order valence-corrected chi connectivity index (χ2v) is 9.57. The topological polar surface area (TPSA) is 136 Å². The smallest absolute Gasteiger partial charge is 0.257 e. The van der Waals surface area contributed by atoms with Gasteiger partial charge in [-0.05, 0) is 42.0 Å². The zero-order chi connectivity index (χ0) is 25.0. The summed E-state index contributed by atoms with van der Waals surface area (Å²) in [6.45, 7) is -0.0820. The molecule has 1 aliphatic rings. The minimum Gasteiger partial charge on any atom is -0.354 e. The summed E-state index contributed by atoms with van der Waals surface area (Å²) >= 11 is 5.91. The van der Waals surface area contributed by atoms with Crippen LogP contribution in [0.3, 0.4) is 0 Å². The molecule has 0 bridgehead atoms. The number of hydrogen-bond acceptors (Lipinski definition) is 7. The Kier molecular flexibility index (Phi) is 8.05. The van der Waals surface area contributed by atoms with Gasteiger partial charge < -0.3 is 14.4 Å². The molecule has 1 atom stereocenters. The highest BCUT2D eigenvalue weighted by Gasteiger charge is 2.45. The number of nitrogens with zero attached hydrogens (tertiary/aromatic N) is 2. The number of carbonyl (C=O) groups is 3. The Hall–Kier alpha value is -2.83. The summed E-state index contributed by atoms with van der Waals surface area (Å²) < 4.78 is 33.4. The van der Waals surface area contributed by atoms with E-state index in [0.29, 0.717) is 10.6 Å². The number of carbonyl (C=O) groups excluding carboxylic acids is 3. The van der Waals surface area contributed by atoms with Crippen LogP contribution in [0.15, 0.2) is 53.4 Å². The molecule has 1 heterocycles. The summed E-state index contributed by atoms with van der Waals surface area (Å²) in [6.07, 6.45) is -1.10. The fourth-order valence-corrected chi connectivity index (χ4v) is 4.24. The van der Waals surface area contributed by atoms with Crippen LogP contribution in [0.4, 0.5) is 5.69 Å². The quantitative estimate of drug-likeness (QED) is 0.397. The molecule has 2 aromatic carbocycles. The second-order valence-electron chi connectivity index (χ2n) is 7.58. The predicted molar refractivity (Wildman–Crippen MR) is 123 cm³/mol. The summed E-state index contributed by atoms with van der Waals surface area (Å²) in [5.41, 5.74) is 0.850. The minimum atomic E-state index is -3.93. The number of hydrogen-bond donors (Lipinski definition) is 1. The van der Waals surface area contributed by atoms with Gasteiger partial charge in [0.05, 0.1) is 30.0 Å². The zero-order valence-corrected chi connectivity index (χ0v) is 20.1. The number of imide groups is 1. The van der Waals surface area contributed by atoms with Crippen LogP contribution in [0.5, 0.6) is 0 Å². The Bertz CT molecular complexity index is 1170. The number of ether oxygens (including phenoxy) is 2. The number of halogens is 1. The molecule has 182 valence electrons. The molecule has 1 fully saturated rings. The molecule has 2 N–H and O–H groups in total. The number of methoxy groups -OCH3 is 2. The van der Waals surface area contributed by atoms with Crippen molar-refractivity contribution < 1.29 is 32.3 Å². The van der Waals surface area contributed by atoms with Crippen molar-refractivity contribution in [3.8, 4) is 0 Å². The molecule has 34 heavy (non-hydrogen) atoms. The van der Waals surface area contributed by atoms with Crippen molar-refractivity contribution in [1.29, 1.82) is 0 Å². The summed E-state index contributed by atoms with van der Waals surface area (Å²) in [6, 6.07) is 10.6. The third-order valence-electron chi connectivity index (χ3n) is 5.38. The molecular weight excluding hydrogens is 486 g/mol. The first kappa shape index (κ1) is 25.8. The molecule has 1 saturated heterocycles. The van der Waals surface area contributed by atoms with Gasteiger partial charge in [-0.15, -0.1) is 0 Å². The van der Waals surface area contributed by atoms with Crippen LogP contribution in [-0.2, 0) is 40.3 Å². The lowest BCUT2D eigenvalue weighted by atomic mass is 10.1. The van der Waals surface area contributed by atoms with Gasteiger partial charge in [0.25, 0.3) is 5.91 Å². The fourth-order valence-electron chi connectivity index (χ4n) is 3.60. The molecule has 3 rings (SSSR count). The molecule has 3 amide bonds. The number of rotatable bonds is 9. The lowest BCUT2D eigenvalue weighted by Gasteiger charge is -2.30. The van der Waals surface area contributed by atoms with Crippen LogP contribution in [0.2, 0.25) is 5.02 Å². The number of primary sulfonamides is 1. The highest BCUT2D eigenvalue weighted by molar-refractivity contribution is 7.89. The van der Waals surface area contributed by atoms with Crippen molar-refractivity contribution in [1.82, 2.24) is 4.90 Å². The molecule has 1 aliphatic heterocycles. The van der Waals surface area contributed by atoms with E-state index in [1.165, 1.54) is 43.4 Å². The van der Waals surface area contributed by atoms with E-state index in [2.05, 4.69) is 0 Å². The molecule has 0 aromatic heterocycles. The second kappa shape index (κ2) is 10.6. The highest BCUT2D eigenvalue weighted by Crippen LogP contribution is 2.27. The van der Waals surface area contributed by atoms with E-state index in [4.69, 9.17) is 26.2 Å². The van der Waals surface area contributed by atoms with Crippen molar-refractivity contribution in [2.45, 2.75) is 30.1 Å². The summed E-state index contributed by atoms with van der Waals surface area (Å²) in [4.78, 5) is 41.3. The molecule has 1 unspecified atom stereocenters. The van der Waals surface area contributed by atoms with Gasteiger partial charge in [0.15, 0.2) is 6.29 Å². The zero-order valence-electron chi connectivity index (χ0n) is 18.5. The predicted octanol–water partition coefficient (Wildman–Crippen LogP) is 1.31. The molecule has 0 radical (unpaired) electrons. The molecule has 0 saturated carbocycles. The van der Waals surface area contributed by atoms with Crippen LogP contribution < -0.4 is 10.0 Å². The van der Waals surface area contributed by atoms with Gasteiger partial charge in [-0.1, -0.05) is 23.7 Å². The van der Waals surface area contributed by atoms with Crippen LogP contribution >= 0.6 is 11.6 Å². The van der Waals surface area contributed by atoms with E-state index >= 15 is 0 Å². The Balaban J connectivity index is 1.88. The number of anilines is 1. The van der Waals surface area contributed by atoms with Gasteiger partial charge in [0, 0.05) is 19.2 Å². The maximum absolute atomic E-state index is 13.3. The Morgan fingerprint density at radius 1 is 1.12 bits per heavy atom. The first-order chi connectivity index (χ1) is 16.0. The third-order valence-corrected chi connectivity index (χ3v) is 6.56. The molecule has 12 heteroatoms. The molecule has 10 nitrogen and oxygen atoms in total. The van der Waals surface area contributed by atoms with Gasteiger partial charge in [0.1, 0.15) is 6.04 Å². The van der Waals surface area contributed by atoms with Crippen LogP contribution in [0.1, 0.15) is 12.0 Å². The monoisotopic (exact) mass is 509 g/mol. The van der Waals surface area contributed by atoms with Crippen molar-refractivity contribution in [2.24, 2.45) is 5.14 Å². The standard InChI is InChI=1S/C22H24ClN3O7S/c1-32-21(33-2)13-25(19(27)11-14-3-5-15(23)6-4-14)18-12-20(28)26(22(18)29)16-7-9-17(10-8-16)34(24,30)31/h3-10,18,21H,11-13H2,1-2H3,(H2,24,30,31). The van der Waals surface area contributed by atoms with Gasteiger partial charge in [-0.2, -0.15) is 0 Å². The Labute approximate surface area is 202 Å². The van der Waals surface area contributed by atoms with Gasteiger partial charge in [-0.25, -0.2) is 18.5 Å². The average molecular weight is 510 g/mol. The lowest BCUT2D eigenvalue weighted by Crippen LogP contribution is -2.49. The SMILES string of the molecule is COC(CN(C(=O)Cc1ccc(Cl)cc1)C1CC(=O)N(c2ccc(S(N)(=O)=O)cc2)C1=O)OC. The fraction of sp³-hybridized carbons (Fsp3) is 0.318.